The number of hydrogen-bond donors (Lipinski definition) is 3. The highest BCUT2D eigenvalue weighted by Gasteiger charge is 2.62. The quantitative estimate of drug-likeness (QED) is 0.175. The Kier molecular flexibility index (Phi) is 13.6. The van der Waals surface area contributed by atoms with Crippen molar-refractivity contribution in [1.29, 1.82) is 0 Å². The topological polar surface area (TPSA) is 189 Å². The van der Waals surface area contributed by atoms with Gasteiger partial charge in [0.25, 0.3) is 5.91 Å². The molecule has 2 saturated carbocycles. The molecule has 8 rings (SSSR count). The third kappa shape index (κ3) is 10.3. The summed E-state index contributed by atoms with van der Waals surface area (Å²) in [4.78, 5) is 70.1. The van der Waals surface area contributed by atoms with Crippen LogP contribution in [-0.4, -0.2) is 114 Å². The molecule has 3 aromatic rings. The van der Waals surface area contributed by atoms with E-state index in [9.17, 15) is 40.8 Å². The average molecular weight is 958 g/mol. The van der Waals surface area contributed by atoms with Gasteiger partial charge in [-0.3, -0.25) is 23.9 Å². The number of rotatable bonds is 11. The first kappa shape index (κ1) is 47.5. The number of nitrogens with one attached hydrogen (secondary N) is 3. The molecular formula is C46H58F3N7O8S2. The molecule has 0 spiro atoms. The third-order valence-electron chi connectivity index (χ3n) is 13.5. The number of methoxy groups -OCH3 is 1. The first-order chi connectivity index (χ1) is 31.4. The first-order valence-electron chi connectivity index (χ1n) is 22.9. The van der Waals surface area contributed by atoms with Crippen LogP contribution in [0, 0.1) is 24.7 Å². The van der Waals surface area contributed by atoms with Crippen LogP contribution < -0.4 is 24.8 Å². The fourth-order valence-electron chi connectivity index (χ4n) is 9.49. The van der Waals surface area contributed by atoms with Crippen LogP contribution in [0.4, 0.5) is 18.3 Å². The number of benzene rings is 1. The van der Waals surface area contributed by atoms with Crippen molar-refractivity contribution in [2.45, 2.75) is 133 Å². The van der Waals surface area contributed by atoms with Gasteiger partial charge in [0.15, 0.2) is 5.13 Å². The smallest absolute Gasteiger partial charge is 0.391 e. The van der Waals surface area contributed by atoms with Crippen molar-refractivity contribution in [3.63, 3.8) is 0 Å². The van der Waals surface area contributed by atoms with Crippen molar-refractivity contribution in [3.05, 3.63) is 41.3 Å². The van der Waals surface area contributed by atoms with Gasteiger partial charge in [-0.2, -0.15) is 13.2 Å². The van der Waals surface area contributed by atoms with Crippen LogP contribution in [0.15, 0.2) is 35.7 Å². The van der Waals surface area contributed by atoms with Crippen molar-refractivity contribution in [2.75, 3.05) is 32.1 Å². The van der Waals surface area contributed by atoms with E-state index in [2.05, 4.69) is 15.4 Å². The molecule has 4 amide bonds. The number of pyridine rings is 1. The van der Waals surface area contributed by atoms with E-state index in [1.165, 1.54) is 21.1 Å². The number of ether oxygens (including phenoxy) is 2. The number of sulfonamides is 1. The molecule has 2 saturated heterocycles. The highest BCUT2D eigenvalue weighted by atomic mass is 32.2. The first-order valence-corrected chi connectivity index (χ1v) is 25.4. The van der Waals surface area contributed by atoms with Gasteiger partial charge in [0.05, 0.1) is 36.0 Å². The van der Waals surface area contributed by atoms with Crippen LogP contribution in [0.2, 0.25) is 0 Å². The molecule has 358 valence electrons. The van der Waals surface area contributed by atoms with Gasteiger partial charge < -0.3 is 29.9 Å². The van der Waals surface area contributed by atoms with Gasteiger partial charge >= 0.3 is 6.18 Å². The second-order valence-electron chi connectivity index (χ2n) is 18.7. The molecule has 0 bridgehead atoms. The van der Waals surface area contributed by atoms with Gasteiger partial charge in [0.2, 0.25) is 27.7 Å². The van der Waals surface area contributed by atoms with E-state index < -0.39 is 80.5 Å². The molecular weight excluding hydrogens is 900 g/mol. The van der Waals surface area contributed by atoms with Crippen molar-refractivity contribution >= 4 is 61.0 Å². The minimum absolute atomic E-state index is 0.0186. The lowest BCUT2D eigenvalue weighted by molar-refractivity contribution is -0.186. The molecule has 3 aliphatic heterocycles. The van der Waals surface area contributed by atoms with E-state index in [0.717, 1.165) is 12.0 Å². The molecule has 0 unspecified atom stereocenters. The number of carbonyl (C=O) groups excluding carboxylic acids is 4. The number of halogens is 3. The SMILES string of the molecule is COc1ccc2c(O[C@@H]3C[C@H]4C(=O)N[C@]5(C(=O)NS(=O)(=O)C6CC6)C[C@H]5C=CCCCCC[C@H](CC(=O)N5CCC(C(F)(F)F)CC5)C(=O)N4C3)cc(-c3csc(NC(C)C)n3)nc2c1C. The number of fused-ring (bicyclic) bond motifs is 3. The Bertz CT molecular complexity index is 2490. The summed E-state index contributed by atoms with van der Waals surface area (Å²) in [5, 5.41) is 8.77. The molecule has 1 aromatic carbocycles. The molecule has 66 heavy (non-hydrogen) atoms. The van der Waals surface area contributed by atoms with Gasteiger partial charge in [-0.15, -0.1) is 11.3 Å². The maximum atomic E-state index is 15.0. The fourth-order valence-corrected chi connectivity index (χ4v) is 11.7. The summed E-state index contributed by atoms with van der Waals surface area (Å²) in [6.07, 6.45) is 1.88. The molecule has 5 aliphatic rings. The van der Waals surface area contributed by atoms with E-state index in [4.69, 9.17) is 19.4 Å². The van der Waals surface area contributed by atoms with E-state index in [-0.39, 0.29) is 57.8 Å². The van der Waals surface area contributed by atoms with Crippen molar-refractivity contribution in [2.24, 2.45) is 17.8 Å². The Labute approximate surface area is 386 Å². The summed E-state index contributed by atoms with van der Waals surface area (Å²) >= 11 is 1.43. The maximum Gasteiger partial charge on any atom is 0.391 e. The number of allylic oxidation sites excluding steroid dienone is 1. The minimum atomic E-state index is -4.36. The number of aromatic nitrogens is 2. The number of carbonyl (C=O) groups is 4. The molecule has 20 heteroatoms. The number of nitrogens with zero attached hydrogens (tertiary/aromatic N) is 4. The number of anilines is 1. The zero-order valence-corrected chi connectivity index (χ0v) is 39.3. The van der Waals surface area contributed by atoms with Crippen LogP contribution in [0.3, 0.4) is 0 Å². The Hall–Kier alpha value is -4.98. The fraction of sp³-hybridized carbons (Fsp3) is 0.609. The van der Waals surface area contributed by atoms with E-state index in [0.29, 0.717) is 77.4 Å². The molecule has 5 atom stereocenters. The van der Waals surface area contributed by atoms with Crippen molar-refractivity contribution in [1.82, 2.24) is 29.8 Å². The van der Waals surface area contributed by atoms with Crippen LogP contribution in [0.25, 0.3) is 22.3 Å². The standard InChI is InChI=1S/C46H58F3N7O8S2/c1-26(2)50-44-52-35(25-65-44)34-22-38(33-14-15-37(63-4)27(3)40(33)51-34)64-31-21-36-41(58)53-45(43(60)54-66(61,62)32-12-13-32)23-30(45)11-9-7-5-6-8-10-28(42(59)56(36)24-31)20-39(57)55-18-16-29(17-19-55)46(47,48)49/h9,11,14-15,22,25-26,28-32,36H,5-8,10,12-13,16-21,23-24H2,1-4H3,(H,50,52)(H,53,58)(H,54,60)/t28-,30-,31-,36+,45-/m1/s1. The molecule has 3 N–H and O–H groups in total. The zero-order chi connectivity index (χ0) is 47.1. The third-order valence-corrected chi connectivity index (χ3v) is 16.1. The summed E-state index contributed by atoms with van der Waals surface area (Å²) in [6, 6.07) is 4.34. The molecule has 15 nitrogen and oxygen atoms in total. The van der Waals surface area contributed by atoms with Crippen molar-refractivity contribution in [3.8, 4) is 22.9 Å². The monoisotopic (exact) mass is 957 g/mol. The second kappa shape index (κ2) is 19.0. The van der Waals surface area contributed by atoms with Gasteiger partial charge in [-0.05, 0) is 84.3 Å². The van der Waals surface area contributed by atoms with Crippen LogP contribution >= 0.6 is 11.3 Å². The lowest BCUT2D eigenvalue weighted by Crippen LogP contribution is -2.57. The Morgan fingerprint density at radius 3 is 2.48 bits per heavy atom. The number of piperidine rings is 1. The summed E-state index contributed by atoms with van der Waals surface area (Å²) in [6.45, 7) is 5.67. The molecule has 2 aliphatic carbocycles. The second-order valence-corrected chi connectivity index (χ2v) is 21.5. The predicted octanol–water partition coefficient (Wildman–Crippen LogP) is 6.65. The number of amides is 4. The molecule has 4 fully saturated rings. The predicted molar refractivity (Wildman–Crippen MR) is 242 cm³/mol. The van der Waals surface area contributed by atoms with E-state index in [1.807, 2.05) is 44.4 Å². The lowest BCUT2D eigenvalue weighted by Gasteiger charge is -2.34. The Balaban J connectivity index is 1.12. The normalized spacial score (nSPS) is 25.7. The van der Waals surface area contributed by atoms with Gasteiger partial charge in [0, 0.05) is 66.2 Å². The summed E-state index contributed by atoms with van der Waals surface area (Å²) in [5.74, 6) is -4.29. The summed E-state index contributed by atoms with van der Waals surface area (Å²) in [5.41, 5.74) is 0.881. The molecule has 2 aromatic heterocycles. The van der Waals surface area contributed by atoms with E-state index >= 15 is 0 Å². The van der Waals surface area contributed by atoms with Gasteiger partial charge in [-0.25, -0.2) is 18.4 Å². The highest BCUT2D eigenvalue weighted by molar-refractivity contribution is 7.91. The number of alkyl halides is 3. The maximum absolute atomic E-state index is 15.0. The Morgan fingerprint density at radius 2 is 1.79 bits per heavy atom. The zero-order valence-electron chi connectivity index (χ0n) is 37.6. The van der Waals surface area contributed by atoms with Gasteiger partial charge in [-0.1, -0.05) is 25.0 Å². The minimum Gasteiger partial charge on any atom is -0.496 e. The number of likely N-dealkylation sites (tertiary alicyclic amines) is 1. The van der Waals surface area contributed by atoms with Crippen LogP contribution in [0.1, 0.15) is 96.5 Å². The number of aryl methyl sites for hydroxylation is 1. The van der Waals surface area contributed by atoms with Crippen molar-refractivity contribution < 1.29 is 50.2 Å². The Morgan fingerprint density at radius 1 is 1.03 bits per heavy atom. The lowest BCUT2D eigenvalue weighted by atomic mass is 9.92. The van der Waals surface area contributed by atoms with Gasteiger partial charge in [0.1, 0.15) is 34.9 Å². The molecule has 0 radical (unpaired) electrons. The molecule has 5 heterocycles. The average Bonchev–Trinajstić information content (AvgIpc) is 4.16. The largest absolute Gasteiger partial charge is 0.496 e. The van der Waals surface area contributed by atoms with Crippen LogP contribution in [0.5, 0.6) is 11.5 Å². The summed E-state index contributed by atoms with van der Waals surface area (Å²) in [7, 11) is -2.40. The van der Waals surface area contributed by atoms with E-state index in [1.54, 1.807) is 19.2 Å². The number of hydrogen-bond acceptors (Lipinski definition) is 12. The summed E-state index contributed by atoms with van der Waals surface area (Å²) < 4.78 is 81.2. The van der Waals surface area contributed by atoms with Crippen LogP contribution in [-0.2, 0) is 29.2 Å². The highest BCUT2D eigenvalue weighted by Crippen LogP contribution is 2.46. The number of thiazole rings is 1.